The number of benzene rings is 2. The molecule has 7 nitrogen and oxygen atoms in total. The summed E-state index contributed by atoms with van der Waals surface area (Å²) in [7, 11) is 0. The zero-order valence-corrected chi connectivity index (χ0v) is 19.2. The molecule has 34 heavy (non-hydrogen) atoms. The van der Waals surface area contributed by atoms with E-state index in [-0.39, 0.29) is 42.1 Å². The Balaban J connectivity index is 1.61. The Morgan fingerprint density at radius 3 is 2.76 bits per heavy atom. The molecule has 0 spiro atoms. The van der Waals surface area contributed by atoms with Gasteiger partial charge in [0.15, 0.2) is 5.78 Å². The van der Waals surface area contributed by atoms with Crippen molar-refractivity contribution >= 4 is 28.9 Å². The average Bonchev–Trinajstić information content (AvgIpc) is 3.57. The number of hydrogen-bond acceptors (Lipinski definition) is 6. The van der Waals surface area contributed by atoms with Crippen molar-refractivity contribution in [1.29, 1.82) is 0 Å². The van der Waals surface area contributed by atoms with Crippen molar-refractivity contribution in [3.05, 3.63) is 76.7 Å². The smallest absolute Gasteiger partial charge is 0.249 e. The van der Waals surface area contributed by atoms with E-state index in [1.807, 2.05) is 35.7 Å². The van der Waals surface area contributed by atoms with Gasteiger partial charge < -0.3 is 20.5 Å². The van der Waals surface area contributed by atoms with Gasteiger partial charge in [0.05, 0.1) is 12.0 Å². The Morgan fingerprint density at radius 2 is 2.03 bits per heavy atom. The lowest BCUT2D eigenvalue weighted by atomic mass is 9.85. The highest BCUT2D eigenvalue weighted by atomic mass is 32.1. The van der Waals surface area contributed by atoms with Crippen molar-refractivity contribution in [2.45, 2.75) is 30.9 Å². The molecule has 2 fully saturated rings. The number of ketones is 1. The lowest BCUT2D eigenvalue weighted by Crippen LogP contribution is -2.44. The van der Waals surface area contributed by atoms with Crippen molar-refractivity contribution < 1.29 is 24.2 Å². The molecule has 3 N–H and O–H groups in total. The van der Waals surface area contributed by atoms with Crippen LogP contribution in [0.25, 0.3) is 10.4 Å². The van der Waals surface area contributed by atoms with Gasteiger partial charge in [0, 0.05) is 17.0 Å². The summed E-state index contributed by atoms with van der Waals surface area (Å²) in [5, 5.41) is 11.9. The van der Waals surface area contributed by atoms with E-state index in [1.54, 1.807) is 40.5 Å². The third-order valence-corrected chi connectivity index (χ3v) is 7.46. The highest BCUT2D eigenvalue weighted by molar-refractivity contribution is 7.13. The van der Waals surface area contributed by atoms with Crippen LogP contribution in [0.1, 0.15) is 33.8 Å². The van der Waals surface area contributed by atoms with Gasteiger partial charge in [-0.05, 0) is 65.2 Å². The van der Waals surface area contributed by atoms with Crippen LogP contribution in [0.4, 0.5) is 0 Å². The molecular weight excluding hydrogens is 452 g/mol. The molecular formula is C26H24N2O5S. The zero-order chi connectivity index (χ0) is 23.8. The Labute approximate surface area is 200 Å². The summed E-state index contributed by atoms with van der Waals surface area (Å²) < 4.78 is 5.57. The number of carbonyl (C=O) groups is 3. The quantitative estimate of drug-likeness (QED) is 0.568. The first kappa shape index (κ1) is 22.3. The Kier molecular flexibility index (Phi) is 5.93. The van der Waals surface area contributed by atoms with E-state index in [2.05, 4.69) is 0 Å². The summed E-state index contributed by atoms with van der Waals surface area (Å²) in [5.74, 6) is -1.65. The standard InChI is InChI=1S/C26H24N2O5S/c27-25(31)18-7-6-16(23-5-2-10-34-23)13-19(18)20(12-15-3-1-4-17(29)11-15)26(32)28-9-8-22-24(28)21(30)14-33-22/h1-7,10-11,13,20,22,24,29H,8-9,12,14H2,(H2,27,31). The number of nitrogens with two attached hydrogens (primary N) is 1. The highest BCUT2D eigenvalue weighted by Crippen LogP contribution is 2.36. The molecule has 3 unspecified atom stereocenters. The second-order valence-corrected chi connectivity index (χ2v) is 9.60. The monoisotopic (exact) mass is 476 g/mol. The fourth-order valence-electron chi connectivity index (χ4n) is 4.96. The molecule has 0 aliphatic carbocycles. The average molecular weight is 477 g/mol. The van der Waals surface area contributed by atoms with Gasteiger partial charge in [-0.2, -0.15) is 0 Å². The molecule has 0 saturated carbocycles. The van der Waals surface area contributed by atoms with Crippen molar-refractivity contribution in [3.8, 4) is 16.2 Å². The van der Waals surface area contributed by atoms with E-state index in [0.29, 0.717) is 18.5 Å². The normalized spacial score (nSPS) is 20.4. The van der Waals surface area contributed by atoms with E-state index in [0.717, 1.165) is 16.0 Å². The zero-order valence-electron chi connectivity index (χ0n) is 18.3. The number of Topliss-reactive ketones (excluding diaryl/α,β-unsaturated/α-hetero) is 1. The highest BCUT2D eigenvalue weighted by Gasteiger charge is 2.48. The Morgan fingerprint density at radius 1 is 1.18 bits per heavy atom. The maximum atomic E-state index is 14.0. The Hall–Kier alpha value is -3.49. The number of phenolic OH excluding ortho intramolecular Hbond substituents is 1. The second-order valence-electron chi connectivity index (χ2n) is 8.65. The Bertz CT molecular complexity index is 1260. The number of phenols is 1. The predicted molar refractivity (Wildman–Crippen MR) is 128 cm³/mol. The van der Waals surface area contributed by atoms with Gasteiger partial charge in [0.1, 0.15) is 18.4 Å². The van der Waals surface area contributed by atoms with Gasteiger partial charge in [-0.15, -0.1) is 11.3 Å². The van der Waals surface area contributed by atoms with Gasteiger partial charge in [-0.25, -0.2) is 0 Å². The maximum Gasteiger partial charge on any atom is 0.249 e. The topological polar surface area (TPSA) is 110 Å². The summed E-state index contributed by atoms with van der Waals surface area (Å²) in [6, 6.07) is 15.3. The van der Waals surface area contributed by atoms with Gasteiger partial charge >= 0.3 is 0 Å². The molecule has 3 heterocycles. The van der Waals surface area contributed by atoms with Gasteiger partial charge in [0.25, 0.3) is 0 Å². The largest absolute Gasteiger partial charge is 0.508 e. The molecule has 5 rings (SSSR count). The fourth-order valence-corrected chi connectivity index (χ4v) is 5.69. The SMILES string of the molecule is NC(=O)c1ccc(-c2cccs2)cc1C(Cc1cccc(O)c1)C(=O)N1CCC2OCC(=O)C21. The second kappa shape index (κ2) is 9.04. The molecule has 2 amide bonds. The number of primary amides is 1. The summed E-state index contributed by atoms with van der Waals surface area (Å²) in [6.45, 7) is 0.420. The van der Waals surface area contributed by atoms with Crippen LogP contribution in [0.3, 0.4) is 0 Å². The first-order valence-electron chi connectivity index (χ1n) is 11.1. The summed E-state index contributed by atoms with van der Waals surface area (Å²) in [5.41, 5.74) is 8.12. The molecule has 0 bridgehead atoms. The third-order valence-electron chi connectivity index (χ3n) is 6.54. The van der Waals surface area contributed by atoms with E-state index >= 15 is 0 Å². The van der Waals surface area contributed by atoms with Crippen LogP contribution in [0, 0.1) is 0 Å². The molecule has 0 radical (unpaired) electrons. The third kappa shape index (κ3) is 4.10. The number of fused-ring (bicyclic) bond motifs is 1. The van der Waals surface area contributed by atoms with Gasteiger partial charge in [-0.1, -0.05) is 24.3 Å². The van der Waals surface area contributed by atoms with Crippen molar-refractivity contribution in [1.82, 2.24) is 4.90 Å². The van der Waals surface area contributed by atoms with Crippen LogP contribution in [0.5, 0.6) is 5.75 Å². The number of rotatable bonds is 6. The molecule has 3 atom stereocenters. The van der Waals surface area contributed by atoms with Gasteiger partial charge in [-0.3, -0.25) is 14.4 Å². The molecule has 2 aliphatic rings. The van der Waals surface area contributed by atoms with E-state index < -0.39 is 17.9 Å². The summed E-state index contributed by atoms with van der Waals surface area (Å²) >= 11 is 1.56. The number of ether oxygens (including phenoxy) is 1. The number of amides is 2. The maximum absolute atomic E-state index is 14.0. The predicted octanol–water partition coefficient (Wildman–Crippen LogP) is 3.11. The minimum Gasteiger partial charge on any atom is -0.508 e. The molecule has 174 valence electrons. The number of hydrogen-bond donors (Lipinski definition) is 2. The number of carbonyl (C=O) groups excluding carboxylic acids is 3. The van der Waals surface area contributed by atoms with E-state index in [9.17, 15) is 19.5 Å². The van der Waals surface area contributed by atoms with Crippen molar-refractivity contribution in [2.24, 2.45) is 5.73 Å². The van der Waals surface area contributed by atoms with E-state index in [1.165, 1.54) is 0 Å². The van der Waals surface area contributed by atoms with Gasteiger partial charge in [0.2, 0.25) is 11.8 Å². The van der Waals surface area contributed by atoms with Crippen LogP contribution in [-0.2, 0) is 20.7 Å². The minimum absolute atomic E-state index is 0.0107. The lowest BCUT2D eigenvalue weighted by Gasteiger charge is -2.28. The summed E-state index contributed by atoms with van der Waals surface area (Å²) in [6.07, 6.45) is 0.550. The van der Waals surface area contributed by atoms with E-state index in [4.69, 9.17) is 10.5 Å². The van der Waals surface area contributed by atoms with Crippen LogP contribution in [0.15, 0.2) is 60.0 Å². The molecule has 2 aliphatic heterocycles. The van der Waals surface area contributed by atoms with Crippen LogP contribution >= 0.6 is 11.3 Å². The number of nitrogens with zero attached hydrogens (tertiary/aromatic N) is 1. The van der Waals surface area contributed by atoms with Crippen LogP contribution in [-0.4, -0.2) is 52.9 Å². The van der Waals surface area contributed by atoms with Crippen LogP contribution in [0.2, 0.25) is 0 Å². The van der Waals surface area contributed by atoms with Crippen LogP contribution < -0.4 is 5.73 Å². The summed E-state index contributed by atoms with van der Waals surface area (Å²) in [4.78, 5) is 41.5. The number of likely N-dealkylation sites (tertiary alicyclic amines) is 1. The molecule has 2 saturated heterocycles. The molecule has 8 heteroatoms. The first-order chi connectivity index (χ1) is 16.4. The molecule has 2 aromatic carbocycles. The minimum atomic E-state index is -0.767. The molecule has 3 aromatic rings. The number of thiophene rings is 1. The molecule has 1 aromatic heterocycles. The fraction of sp³-hybridized carbons (Fsp3) is 0.269. The lowest BCUT2D eigenvalue weighted by molar-refractivity contribution is -0.137. The first-order valence-corrected chi connectivity index (χ1v) is 12.0. The number of aromatic hydroxyl groups is 1. The van der Waals surface area contributed by atoms with Crippen molar-refractivity contribution in [3.63, 3.8) is 0 Å². The van der Waals surface area contributed by atoms with Crippen molar-refractivity contribution in [2.75, 3.05) is 13.2 Å².